The Labute approximate surface area is 136 Å². The predicted octanol–water partition coefficient (Wildman–Crippen LogP) is 4.59. The Morgan fingerprint density at radius 2 is 1.76 bits per heavy atom. The van der Waals surface area contributed by atoms with Gasteiger partial charge in [-0.05, 0) is 61.2 Å². The Morgan fingerprint density at radius 1 is 1.10 bits per heavy atom. The number of nitrogens with zero attached hydrogens (tertiary/aromatic N) is 1. The summed E-state index contributed by atoms with van der Waals surface area (Å²) in [6.45, 7) is 5.21. The van der Waals surface area contributed by atoms with E-state index in [1.807, 2.05) is 12.1 Å². The predicted molar refractivity (Wildman–Crippen MR) is 94.9 cm³/mol. The maximum atomic E-state index is 6.30. The molecule has 21 heavy (non-hydrogen) atoms. The molecule has 0 aliphatic carbocycles. The lowest BCUT2D eigenvalue weighted by atomic mass is 10.0. The Hall–Kier alpha value is -1.32. The van der Waals surface area contributed by atoms with Crippen LogP contribution in [0.4, 0.5) is 5.69 Å². The summed E-state index contributed by atoms with van der Waals surface area (Å²) in [6, 6.07) is 15.0. The molecule has 1 unspecified atom stereocenters. The lowest BCUT2D eigenvalue weighted by Crippen LogP contribution is -2.23. The Bertz CT molecular complexity index is 590. The standard InChI is InChI=1S/C18H23BrN2/c1-13-9-14(2)11-17(10-13)21(3)8-7-18(20)15-5-4-6-16(19)12-15/h4-6,9-12,18H,7-8,20H2,1-3H3. The third-order valence-corrected chi connectivity index (χ3v) is 4.19. The van der Waals surface area contributed by atoms with E-state index in [0.717, 1.165) is 17.4 Å². The van der Waals surface area contributed by atoms with Gasteiger partial charge in [-0.1, -0.05) is 34.1 Å². The van der Waals surface area contributed by atoms with Crippen molar-refractivity contribution in [2.24, 2.45) is 5.73 Å². The van der Waals surface area contributed by atoms with Crippen LogP contribution >= 0.6 is 15.9 Å². The third-order valence-electron chi connectivity index (χ3n) is 3.70. The fourth-order valence-corrected chi connectivity index (χ4v) is 2.95. The molecule has 3 heteroatoms. The van der Waals surface area contributed by atoms with Gasteiger partial charge in [-0.2, -0.15) is 0 Å². The van der Waals surface area contributed by atoms with Gasteiger partial charge in [0.1, 0.15) is 0 Å². The number of halogens is 1. The summed E-state index contributed by atoms with van der Waals surface area (Å²) in [4.78, 5) is 2.28. The van der Waals surface area contributed by atoms with E-state index in [1.165, 1.54) is 22.4 Å². The van der Waals surface area contributed by atoms with Gasteiger partial charge in [0, 0.05) is 29.8 Å². The highest BCUT2D eigenvalue weighted by molar-refractivity contribution is 9.10. The number of aryl methyl sites for hydroxylation is 2. The molecule has 2 aromatic rings. The Morgan fingerprint density at radius 3 is 2.38 bits per heavy atom. The fourth-order valence-electron chi connectivity index (χ4n) is 2.54. The molecule has 0 aliphatic rings. The highest BCUT2D eigenvalue weighted by Gasteiger charge is 2.09. The number of nitrogens with two attached hydrogens (primary N) is 1. The topological polar surface area (TPSA) is 29.3 Å². The molecule has 0 radical (unpaired) electrons. The molecule has 0 heterocycles. The summed E-state index contributed by atoms with van der Waals surface area (Å²) < 4.78 is 1.08. The second kappa shape index (κ2) is 7.10. The molecule has 1 atom stereocenters. The van der Waals surface area contributed by atoms with Gasteiger partial charge in [0.2, 0.25) is 0 Å². The van der Waals surface area contributed by atoms with Crippen molar-refractivity contribution in [2.75, 3.05) is 18.5 Å². The molecule has 0 aromatic heterocycles. The van der Waals surface area contributed by atoms with Crippen molar-refractivity contribution in [3.63, 3.8) is 0 Å². The lowest BCUT2D eigenvalue weighted by molar-refractivity contribution is 0.645. The molecule has 2 N–H and O–H groups in total. The number of anilines is 1. The Balaban J connectivity index is 1.98. The smallest absolute Gasteiger partial charge is 0.0368 e. The minimum Gasteiger partial charge on any atom is -0.375 e. The molecule has 0 fully saturated rings. The van der Waals surface area contributed by atoms with Crippen LogP contribution in [0.1, 0.15) is 29.2 Å². The summed E-state index contributed by atoms with van der Waals surface area (Å²) in [5.74, 6) is 0. The summed E-state index contributed by atoms with van der Waals surface area (Å²) in [7, 11) is 2.13. The molecule has 2 rings (SSSR count). The van der Waals surface area contributed by atoms with Crippen molar-refractivity contribution in [1.29, 1.82) is 0 Å². The van der Waals surface area contributed by atoms with E-state index in [0.29, 0.717) is 0 Å². The van der Waals surface area contributed by atoms with Crippen molar-refractivity contribution >= 4 is 21.6 Å². The van der Waals surface area contributed by atoms with Crippen molar-refractivity contribution in [3.05, 3.63) is 63.6 Å². The molecule has 2 aromatic carbocycles. The first kappa shape index (κ1) is 16.1. The molecule has 112 valence electrons. The molecule has 0 aliphatic heterocycles. The van der Waals surface area contributed by atoms with Crippen LogP contribution in [0, 0.1) is 13.8 Å². The second-order valence-corrected chi connectivity index (χ2v) is 6.63. The van der Waals surface area contributed by atoms with Crippen LogP contribution in [-0.2, 0) is 0 Å². The van der Waals surface area contributed by atoms with E-state index in [9.17, 15) is 0 Å². The zero-order chi connectivity index (χ0) is 15.4. The molecule has 0 amide bonds. The molecule has 0 saturated carbocycles. The monoisotopic (exact) mass is 346 g/mol. The van der Waals surface area contributed by atoms with Gasteiger partial charge in [0.25, 0.3) is 0 Å². The van der Waals surface area contributed by atoms with Crippen LogP contribution in [0.5, 0.6) is 0 Å². The molecular weight excluding hydrogens is 324 g/mol. The highest BCUT2D eigenvalue weighted by Crippen LogP contribution is 2.21. The van der Waals surface area contributed by atoms with Crippen molar-refractivity contribution in [1.82, 2.24) is 0 Å². The van der Waals surface area contributed by atoms with Crippen LogP contribution in [-0.4, -0.2) is 13.6 Å². The first-order chi connectivity index (χ1) is 9.95. The Kier molecular flexibility index (Phi) is 5.43. The number of hydrogen-bond acceptors (Lipinski definition) is 2. The molecular formula is C18H23BrN2. The molecule has 0 bridgehead atoms. The normalized spacial score (nSPS) is 12.2. The summed E-state index contributed by atoms with van der Waals surface area (Å²) in [6.07, 6.45) is 0.930. The van der Waals surface area contributed by atoms with Crippen molar-refractivity contribution < 1.29 is 0 Å². The first-order valence-electron chi connectivity index (χ1n) is 7.26. The van der Waals surface area contributed by atoms with Crippen molar-refractivity contribution in [3.8, 4) is 0 Å². The number of hydrogen-bond donors (Lipinski definition) is 1. The second-order valence-electron chi connectivity index (χ2n) is 5.72. The van der Waals surface area contributed by atoms with Crippen molar-refractivity contribution in [2.45, 2.75) is 26.3 Å². The quantitative estimate of drug-likeness (QED) is 0.857. The van der Waals surface area contributed by atoms with E-state index in [2.05, 4.69) is 72.1 Å². The summed E-state index contributed by atoms with van der Waals surface area (Å²) >= 11 is 3.50. The van der Waals surface area contributed by atoms with Gasteiger partial charge in [-0.3, -0.25) is 0 Å². The van der Waals surface area contributed by atoms with E-state index in [4.69, 9.17) is 5.73 Å². The van der Waals surface area contributed by atoms with E-state index >= 15 is 0 Å². The third kappa shape index (κ3) is 4.58. The van der Waals surface area contributed by atoms with Crippen LogP contribution in [0.3, 0.4) is 0 Å². The zero-order valence-electron chi connectivity index (χ0n) is 12.9. The highest BCUT2D eigenvalue weighted by atomic mass is 79.9. The lowest BCUT2D eigenvalue weighted by Gasteiger charge is -2.22. The van der Waals surface area contributed by atoms with E-state index < -0.39 is 0 Å². The fraction of sp³-hybridized carbons (Fsp3) is 0.333. The van der Waals surface area contributed by atoms with E-state index in [-0.39, 0.29) is 6.04 Å². The molecule has 2 nitrogen and oxygen atoms in total. The van der Waals surface area contributed by atoms with Crippen LogP contribution < -0.4 is 10.6 Å². The first-order valence-corrected chi connectivity index (χ1v) is 8.05. The number of benzene rings is 2. The van der Waals surface area contributed by atoms with Crippen LogP contribution in [0.2, 0.25) is 0 Å². The zero-order valence-corrected chi connectivity index (χ0v) is 14.5. The van der Waals surface area contributed by atoms with Gasteiger partial charge >= 0.3 is 0 Å². The summed E-state index contributed by atoms with van der Waals surface area (Å²) in [5.41, 5.74) is 11.3. The maximum absolute atomic E-state index is 6.30. The van der Waals surface area contributed by atoms with Gasteiger partial charge in [-0.15, -0.1) is 0 Å². The minimum absolute atomic E-state index is 0.0656. The maximum Gasteiger partial charge on any atom is 0.0368 e. The van der Waals surface area contributed by atoms with Gasteiger partial charge in [0.05, 0.1) is 0 Å². The average molecular weight is 347 g/mol. The van der Waals surface area contributed by atoms with Gasteiger partial charge in [0.15, 0.2) is 0 Å². The molecule has 0 saturated heterocycles. The summed E-state index contributed by atoms with van der Waals surface area (Å²) in [5, 5.41) is 0. The largest absolute Gasteiger partial charge is 0.375 e. The number of rotatable bonds is 5. The van der Waals surface area contributed by atoms with Crippen LogP contribution in [0.25, 0.3) is 0 Å². The average Bonchev–Trinajstić information content (AvgIpc) is 2.43. The SMILES string of the molecule is Cc1cc(C)cc(N(C)CCC(N)c2cccc(Br)c2)c1. The molecule has 0 spiro atoms. The van der Waals surface area contributed by atoms with Crippen LogP contribution in [0.15, 0.2) is 46.9 Å². The van der Waals surface area contributed by atoms with Gasteiger partial charge in [-0.25, -0.2) is 0 Å². The van der Waals surface area contributed by atoms with Gasteiger partial charge < -0.3 is 10.6 Å². The minimum atomic E-state index is 0.0656. The van der Waals surface area contributed by atoms with E-state index in [1.54, 1.807) is 0 Å².